The average molecular weight is 249 g/mol. The molecule has 0 spiro atoms. The molecule has 2 saturated heterocycles. The fourth-order valence-electron chi connectivity index (χ4n) is 2.24. The lowest BCUT2D eigenvalue weighted by atomic mass is 10.3. The van der Waals surface area contributed by atoms with Gasteiger partial charge in [-0.15, -0.1) is 0 Å². The number of piperazine rings is 1. The van der Waals surface area contributed by atoms with E-state index in [1.165, 1.54) is 6.26 Å². The lowest BCUT2D eigenvalue weighted by Gasteiger charge is -2.42. The van der Waals surface area contributed by atoms with Crippen LogP contribution >= 0.6 is 0 Å². The highest BCUT2D eigenvalue weighted by Crippen LogP contribution is 2.14. The van der Waals surface area contributed by atoms with E-state index in [9.17, 15) is 8.42 Å². The van der Waals surface area contributed by atoms with E-state index in [1.54, 1.807) is 4.31 Å². The number of sulfonamides is 1. The van der Waals surface area contributed by atoms with Crippen LogP contribution in [0.15, 0.2) is 0 Å². The van der Waals surface area contributed by atoms with Crippen LogP contribution in [0.2, 0.25) is 0 Å². The molecule has 0 aromatic carbocycles. The first-order chi connectivity index (χ1) is 7.59. The molecule has 2 fully saturated rings. The second-order valence-electron chi connectivity index (χ2n) is 4.21. The summed E-state index contributed by atoms with van der Waals surface area (Å²) in [5.41, 5.74) is 0. The van der Waals surface area contributed by atoms with Crippen molar-refractivity contribution in [1.82, 2.24) is 14.5 Å². The van der Waals surface area contributed by atoms with Gasteiger partial charge in [-0.25, -0.2) is 8.42 Å². The van der Waals surface area contributed by atoms with Gasteiger partial charge in [0.15, 0.2) is 0 Å². The zero-order chi connectivity index (χ0) is 11.6. The summed E-state index contributed by atoms with van der Waals surface area (Å²) in [7, 11) is -3.11. The third kappa shape index (κ3) is 2.72. The molecule has 2 aliphatic rings. The van der Waals surface area contributed by atoms with Crippen molar-refractivity contribution in [3.8, 4) is 0 Å². The number of morpholine rings is 1. The molecule has 2 rings (SSSR count). The van der Waals surface area contributed by atoms with Gasteiger partial charge in [0.2, 0.25) is 10.0 Å². The molecular weight excluding hydrogens is 230 g/mol. The van der Waals surface area contributed by atoms with E-state index in [2.05, 4.69) is 10.2 Å². The van der Waals surface area contributed by atoms with Crippen LogP contribution < -0.4 is 5.32 Å². The minimum Gasteiger partial charge on any atom is -0.379 e. The lowest BCUT2D eigenvalue weighted by Crippen LogP contribution is -2.62. The Hall–Kier alpha value is -0.210. The molecule has 7 heteroatoms. The van der Waals surface area contributed by atoms with E-state index >= 15 is 0 Å². The summed E-state index contributed by atoms with van der Waals surface area (Å²) in [6.45, 7) is 4.97. The monoisotopic (exact) mass is 249 g/mol. The SMILES string of the molecule is CS(=O)(=O)N1CCNCC1N1CCOCC1. The summed E-state index contributed by atoms with van der Waals surface area (Å²) in [5.74, 6) is 0. The Morgan fingerprint density at radius 3 is 2.56 bits per heavy atom. The molecule has 0 amide bonds. The Labute approximate surface area is 96.6 Å². The van der Waals surface area contributed by atoms with E-state index < -0.39 is 10.0 Å². The van der Waals surface area contributed by atoms with Gasteiger partial charge in [-0.1, -0.05) is 0 Å². The fraction of sp³-hybridized carbons (Fsp3) is 1.00. The van der Waals surface area contributed by atoms with Gasteiger partial charge < -0.3 is 10.1 Å². The van der Waals surface area contributed by atoms with Crippen molar-refractivity contribution in [2.24, 2.45) is 0 Å². The summed E-state index contributed by atoms with van der Waals surface area (Å²) >= 11 is 0. The molecule has 0 aliphatic carbocycles. The number of nitrogens with one attached hydrogen (secondary N) is 1. The summed E-state index contributed by atoms with van der Waals surface area (Å²) in [6.07, 6.45) is 1.24. The van der Waals surface area contributed by atoms with E-state index in [-0.39, 0.29) is 6.17 Å². The Kier molecular flexibility index (Phi) is 3.81. The molecule has 0 bridgehead atoms. The molecule has 2 heterocycles. The Morgan fingerprint density at radius 1 is 1.25 bits per heavy atom. The van der Waals surface area contributed by atoms with Crippen LogP contribution in [0.1, 0.15) is 0 Å². The summed E-state index contributed by atoms with van der Waals surface area (Å²) in [4.78, 5) is 2.18. The van der Waals surface area contributed by atoms with Crippen molar-refractivity contribution in [1.29, 1.82) is 0 Å². The van der Waals surface area contributed by atoms with Gasteiger partial charge in [-0.05, 0) is 0 Å². The van der Waals surface area contributed by atoms with Gasteiger partial charge in [0.25, 0.3) is 0 Å². The third-order valence-electron chi connectivity index (χ3n) is 3.06. The quantitative estimate of drug-likeness (QED) is 0.646. The van der Waals surface area contributed by atoms with Crippen LogP contribution in [-0.4, -0.2) is 76.0 Å². The molecule has 6 nitrogen and oxygen atoms in total. The largest absolute Gasteiger partial charge is 0.379 e. The molecule has 0 saturated carbocycles. The first-order valence-corrected chi connectivity index (χ1v) is 7.43. The maximum atomic E-state index is 11.7. The summed E-state index contributed by atoms with van der Waals surface area (Å²) in [5, 5.41) is 3.25. The first kappa shape index (κ1) is 12.3. The minimum absolute atomic E-state index is 0.0485. The smallest absolute Gasteiger partial charge is 0.212 e. The summed E-state index contributed by atoms with van der Waals surface area (Å²) < 4.78 is 30.2. The zero-order valence-electron chi connectivity index (χ0n) is 9.55. The molecule has 94 valence electrons. The van der Waals surface area contributed by atoms with E-state index in [1.807, 2.05) is 0 Å². The van der Waals surface area contributed by atoms with Crippen LogP contribution in [0.25, 0.3) is 0 Å². The maximum Gasteiger partial charge on any atom is 0.212 e. The Balaban J connectivity index is 2.09. The Bertz CT molecular complexity index is 327. The maximum absolute atomic E-state index is 11.7. The van der Waals surface area contributed by atoms with Gasteiger partial charge in [-0.3, -0.25) is 4.90 Å². The normalized spacial score (nSPS) is 30.4. The topological polar surface area (TPSA) is 61.9 Å². The summed E-state index contributed by atoms with van der Waals surface area (Å²) in [6, 6.07) is 0. The van der Waals surface area contributed by atoms with Gasteiger partial charge in [-0.2, -0.15) is 4.31 Å². The number of nitrogens with zero attached hydrogens (tertiary/aromatic N) is 2. The van der Waals surface area contributed by atoms with E-state index in [0.29, 0.717) is 26.3 Å². The fourth-order valence-corrected chi connectivity index (χ4v) is 3.32. The predicted molar refractivity (Wildman–Crippen MR) is 60.6 cm³/mol. The van der Waals surface area contributed by atoms with Crippen molar-refractivity contribution in [2.45, 2.75) is 6.17 Å². The van der Waals surface area contributed by atoms with Crippen molar-refractivity contribution in [2.75, 3.05) is 52.2 Å². The second-order valence-corrected chi connectivity index (χ2v) is 6.14. The zero-order valence-corrected chi connectivity index (χ0v) is 10.4. The van der Waals surface area contributed by atoms with Crippen LogP contribution in [0.4, 0.5) is 0 Å². The number of hydrogen-bond donors (Lipinski definition) is 1. The average Bonchev–Trinajstić information content (AvgIpc) is 2.29. The number of rotatable bonds is 2. The number of ether oxygens (including phenoxy) is 1. The molecule has 0 aromatic rings. The van der Waals surface area contributed by atoms with Crippen LogP contribution in [0.3, 0.4) is 0 Å². The van der Waals surface area contributed by atoms with Gasteiger partial charge >= 0.3 is 0 Å². The molecule has 1 unspecified atom stereocenters. The molecule has 2 aliphatic heterocycles. The van der Waals surface area contributed by atoms with Crippen LogP contribution in [0.5, 0.6) is 0 Å². The highest BCUT2D eigenvalue weighted by molar-refractivity contribution is 7.88. The predicted octanol–water partition coefficient (Wildman–Crippen LogP) is -1.49. The van der Waals surface area contributed by atoms with Crippen molar-refractivity contribution in [3.63, 3.8) is 0 Å². The van der Waals surface area contributed by atoms with Crippen LogP contribution in [-0.2, 0) is 14.8 Å². The Morgan fingerprint density at radius 2 is 1.94 bits per heavy atom. The molecule has 16 heavy (non-hydrogen) atoms. The highest BCUT2D eigenvalue weighted by Gasteiger charge is 2.33. The highest BCUT2D eigenvalue weighted by atomic mass is 32.2. The second kappa shape index (κ2) is 4.97. The molecule has 1 atom stereocenters. The standard InChI is InChI=1S/C9H19N3O3S/c1-16(13,14)12-3-2-10-8-9(12)11-4-6-15-7-5-11/h9-10H,2-8H2,1H3. The third-order valence-corrected chi connectivity index (χ3v) is 4.34. The van der Waals surface area contributed by atoms with Crippen LogP contribution in [0, 0.1) is 0 Å². The number of hydrogen-bond acceptors (Lipinski definition) is 5. The molecule has 0 aromatic heterocycles. The first-order valence-electron chi connectivity index (χ1n) is 5.58. The molecule has 1 N–H and O–H groups in total. The van der Waals surface area contributed by atoms with Crippen molar-refractivity contribution in [3.05, 3.63) is 0 Å². The molecule has 0 radical (unpaired) electrons. The minimum atomic E-state index is -3.11. The van der Waals surface area contributed by atoms with Gasteiger partial charge in [0, 0.05) is 32.7 Å². The van der Waals surface area contributed by atoms with Crippen molar-refractivity contribution < 1.29 is 13.2 Å². The lowest BCUT2D eigenvalue weighted by molar-refractivity contribution is -0.0164. The molecular formula is C9H19N3O3S. The van der Waals surface area contributed by atoms with E-state index in [4.69, 9.17) is 4.74 Å². The van der Waals surface area contributed by atoms with Gasteiger partial charge in [0.05, 0.1) is 25.6 Å². The van der Waals surface area contributed by atoms with E-state index in [0.717, 1.165) is 19.6 Å². The van der Waals surface area contributed by atoms with Gasteiger partial charge in [0.1, 0.15) is 0 Å². The van der Waals surface area contributed by atoms with Crippen molar-refractivity contribution >= 4 is 10.0 Å².